The molecule has 0 radical (unpaired) electrons. The molecule has 296 valence electrons. The first-order valence-corrected chi connectivity index (χ1v) is 19.3. The lowest BCUT2D eigenvalue weighted by molar-refractivity contribution is -0.253. The first-order chi connectivity index (χ1) is 27.0. The predicted octanol–water partition coefficient (Wildman–Crippen LogP) is 6.78. The van der Waals surface area contributed by atoms with E-state index in [2.05, 4.69) is 15.5 Å². The number of ether oxygens (including phenoxy) is 4. The van der Waals surface area contributed by atoms with Gasteiger partial charge in [0.15, 0.2) is 6.29 Å². The number of nitrogens with one attached hydrogen (secondary N) is 2. The van der Waals surface area contributed by atoms with Crippen molar-refractivity contribution in [1.29, 1.82) is 0 Å². The highest BCUT2D eigenvalue weighted by atomic mass is 16.7. The van der Waals surface area contributed by atoms with Gasteiger partial charge in [0.2, 0.25) is 0 Å². The van der Waals surface area contributed by atoms with Crippen LogP contribution in [0.15, 0.2) is 103 Å². The third kappa shape index (κ3) is 11.0. The maximum absolute atomic E-state index is 13.1. The van der Waals surface area contributed by atoms with Crippen LogP contribution in [0.4, 0.5) is 4.79 Å². The van der Waals surface area contributed by atoms with Crippen molar-refractivity contribution in [3.05, 3.63) is 131 Å². The van der Waals surface area contributed by atoms with Crippen LogP contribution in [-0.2, 0) is 48.1 Å². The van der Waals surface area contributed by atoms with Gasteiger partial charge < -0.3 is 34.7 Å². The smallest absolute Gasteiger partial charge is 0.328 e. The van der Waals surface area contributed by atoms with Crippen LogP contribution in [0.5, 0.6) is 0 Å². The zero-order chi connectivity index (χ0) is 39.7. The number of hydrogen-bond donors (Lipinski definition) is 3. The number of methoxy groups -OCH3 is 1. The van der Waals surface area contributed by atoms with Crippen molar-refractivity contribution in [2.45, 2.75) is 95.8 Å². The Kier molecular flexibility index (Phi) is 13.6. The molecule has 11 nitrogen and oxygen atoms in total. The van der Waals surface area contributed by atoms with Crippen LogP contribution in [0.3, 0.4) is 0 Å². The molecular weight excluding hydrogens is 711 g/mol. The number of carbonyl (C=O) groups excluding carboxylic acids is 3. The average molecular weight is 764 g/mol. The molecule has 0 aliphatic carbocycles. The molecule has 0 saturated carbocycles. The first kappa shape index (κ1) is 40.6. The lowest BCUT2D eigenvalue weighted by Gasteiger charge is -2.38. The van der Waals surface area contributed by atoms with Gasteiger partial charge in [-0.25, -0.2) is 9.59 Å². The molecular formula is C45H53N3O8. The summed E-state index contributed by atoms with van der Waals surface area (Å²) in [5.74, 6) is -0.709. The standard InChI is InChI=1S/C45H53N3O8/c1-45(2,3)56-42(51)39-14-9-23-48(39)28-37-26-40(34-17-15-31(29-49)16-18-34)55-43(54-37)35-21-19-33(20-22-35)36-13-8-12-32(24-36)27-46-44(52)47-38(41(50)53-4)25-30-10-6-5-7-11-30/h5-8,10-13,15-22,24,37-40,43,49H,9,14,23,25-29H2,1-4H3,(H2,46,47,52)/t37-,38-,39-,40+,43+/m0/s1. The molecule has 2 amide bonds. The lowest BCUT2D eigenvalue weighted by Crippen LogP contribution is -2.47. The Morgan fingerprint density at radius 3 is 2.27 bits per heavy atom. The zero-order valence-corrected chi connectivity index (χ0v) is 32.6. The van der Waals surface area contributed by atoms with E-state index in [-0.39, 0.29) is 37.4 Å². The summed E-state index contributed by atoms with van der Waals surface area (Å²) in [4.78, 5) is 40.6. The molecule has 2 heterocycles. The minimum Gasteiger partial charge on any atom is -0.467 e. The molecule has 4 aromatic rings. The molecule has 0 spiro atoms. The fraction of sp³-hybridized carbons (Fsp3) is 0.400. The lowest BCUT2D eigenvalue weighted by atomic mass is 9.98. The number of esters is 2. The minimum atomic E-state index is -0.823. The first-order valence-electron chi connectivity index (χ1n) is 19.3. The Labute approximate surface area is 329 Å². The second-order valence-electron chi connectivity index (χ2n) is 15.5. The molecule has 3 N–H and O–H groups in total. The molecule has 2 aliphatic rings. The van der Waals surface area contributed by atoms with Crippen molar-refractivity contribution in [3.63, 3.8) is 0 Å². The maximum atomic E-state index is 13.1. The number of hydrogen-bond acceptors (Lipinski definition) is 9. The van der Waals surface area contributed by atoms with Crippen LogP contribution >= 0.6 is 0 Å². The summed E-state index contributed by atoms with van der Waals surface area (Å²) in [6, 6.07) is 31.6. The number of urea groups is 1. The Balaban J connectivity index is 1.12. The molecule has 2 fully saturated rings. The van der Waals surface area contributed by atoms with Crippen molar-refractivity contribution in [2.24, 2.45) is 0 Å². The highest BCUT2D eigenvalue weighted by molar-refractivity contribution is 5.83. The summed E-state index contributed by atoms with van der Waals surface area (Å²) >= 11 is 0. The summed E-state index contributed by atoms with van der Waals surface area (Å²) in [6.07, 6.45) is 1.49. The summed E-state index contributed by atoms with van der Waals surface area (Å²) in [5, 5.41) is 15.2. The third-order valence-electron chi connectivity index (χ3n) is 10.1. The van der Waals surface area contributed by atoms with Crippen LogP contribution in [0.2, 0.25) is 0 Å². The molecule has 2 aliphatic heterocycles. The predicted molar refractivity (Wildman–Crippen MR) is 212 cm³/mol. The van der Waals surface area contributed by atoms with Crippen LogP contribution in [0.25, 0.3) is 11.1 Å². The second-order valence-corrected chi connectivity index (χ2v) is 15.5. The number of aliphatic hydroxyl groups excluding tert-OH is 1. The number of benzene rings is 4. The normalized spacial score (nSPS) is 20.5. The van der Waals surface area contributed by atoms with Gasteiger partial charge in [-0.05, 0) is 79.6 Å². The number of amides is 2. The molecule has 56 heavy (non-hydrogen) atoms. The molecule has 6 rings (SSSR count). The Morgan fingerprint density at radius 2 is 1.57 bits per heavy atom. The van der Waals surface area contributed by atoms with Crippen molar-refractivity contribution in [2.75, 3.05) is 20.2 Å². The third-order valence-corrected chi connectivity index (χ3v) is 10.1. The van der Waals surface area contributed by atoms with E-state index < -0.39 is 29.9 Å². The van der Waals surface area contributed by atoms with Gasteiger partial charge in [-0.3, -0.25) is 9.69 Å². The Hall–Kier alpha value is -5.07. The van der Waals surface area contributed by atoms with Crippen molar-refractivity contribution in [1.82, 2.24) is 15.5 Å². The Morgan fingerprint density at radius 1 is 0.857 bits per heavy atom. The van der Waals surface area contributed by atoms with E-state index in [1.165, 1.54) is 7.11 Å². The van der Waals surface area contributed by atoms with Crippen LogP contribution < -0.4 is 10.6 Å². The van der Waals surface area contributed by atoms with Gasteiger partial charge in [0.25, 0.3) is 0 Å². The molecule has 4 aromatic carbocycles. The second kappa shape index (κ2) is 18.7. The minimum absolute atomic E-state index is 0.0328. The molecule has 0 bridgehead atoms. The highest BCUT2D eigenvalue weighted by Gasteiger charge is 2.39. The molecule has 0 unspecified atom stereocenters. The van der Waals surface area contributed by atoms with Gasteiger partial charge >= 0.3 is 18.0 Å². The van der Waals surface area contributed by atoms with Gasteiger partial charge in [-0.1, -0.05) is 97.1 Å². The number of rotatable bonds is 13. The number of nitrogens with zero attached hydrogens (tertiary/aromatic N) is 1. The van der Waals surface area contributed by atoms with Gasteiger partial charge in [0.1, 0.15) is 17.7 Å². The maximum Gasteiger partial charge on any atom is 0.328 e. The SMILES string of the molecule is COC(=O)[C@H](Cc1ccccc1)NC(=O)NCc1cccc(-c2ccc([C@@H]3O[C@H](CN4CCC[C@H]4C(=O)OC(C)(C)C)C[C@H](c4ccc(CO)cc4)O3)cc2)c1. The number of aliphatic hydroxyl groups is 1. The van der Waals surface area contributed by atoms with Gasteiger partial charge in [0.05, 0.1) is 25.9 Å². The summed E-state index contributed by atoms with van der Waals surface area (Å²) in [6.45, 7) is 7.26. The van der Waals surface area contributed by atoms with Crippen LogP contribution in [0, 0.1) is 0 Å². The Bertz CT molecular complexity index is 1910. The summed E-state index contributed by atoms with van der Waals surface area (Å²) < 4.78 is 23.9. The van der Waals surface area contributed by atoms with Gasteiger partial charge in [0, 0.05) is 31.5 Å². The number of likely N-dealkylation sites (tertiary alicyclic amines) is 1. The molecule has 5 atom stereocenters. The topological polar surface area (TPSA) is 136 Å². The van der Waals surface area contributed by atoms with E-state index in [0.29, 0.717) is 19.4 Å². The van der Waals surface area contributed by atoms with E-state index in [1.807, 2.05) is 124 Å². The largest absolute Gasteiger partial charge is 0.467 e. The van der Waals surface area contributed by atoms with E-state index in [0.717, 1.165) is 58.3 Å². The van der Waals surface area contributed by atoms with Crippen molar-refractivity contribution in [3.8, 4) is 11.1 Å². The summed E-state index contributed by atoms with van der Waals surface area (Å²) in [7, 11) is 1.31. The zero-order valence-electron chi connectivity index (χ0n) is 32.6. The van der Waals surface area contributed by atoms with Crippen LogP contribution in [-0.4, -0.2) is 72.0 Å². The van der Waals surface area contributed by atoms with Crippen LogP contribution in [0.1, 0.15) is 80.2 Å². The van der Waals surface area contributed by atoms with E-state index >= 15 is 0 Å². The van der Waals surface area contributed by atoms with Gasteiger partial charge in [-0.15, -0.1) is 0 Å². The van der Waals surface area contributed by atoms with Crippen molar-refractivity contribution < 1.29 is 38.4 Å². The van der Waals surface area contributed by atoms with Crippen molar-refractivity contribution >= 4 is 18.0 Å². The number of carbonyl (C=O) groups is 3. The fourth-order valence-electron chi connectivity index (χ4n) is 7.25. The average Bonchev–Trinajstić information content (AvgIpc) is 3.67. The highest BCUT2D eigenvalue weighted by Crippen LogP contribution is 2.39. The van der Waals surface area contributed by atoms with E-state index in [1.54, 1.807) is 0 Å². The van der Waals surface area contributed by atoms with E-state index in [9.17, 15) is 19.5 Å². The van der Waals surface area contributed by atoms with Gasteiger partial charge in [-0.2, -0.15) is 0 Å². The summed E-state index contributed by atoms with van der Waals surface area (Å²) in [5.41, 5.74) is 5.89. The molecule has 11 heteroatoms. The molecule has 2 saturated heterocycles. The quantitative estimate of drug-likeness (QED) is 0.126. The van der Waals surface area contributed by atoms with E-state index in [4.69, 9.17) is 18.9 Å². The monoisotopic (exact) mass is 763 g/mol. The fourth-order valence-corrected chi connectivity index (χ4v) is 7.25. The molecule has 0 aromatic heterocycles.